The molecular weight excluding hydrogens is 244 g/mol. The lowest BCUT2D eigenvalue weighted by Crippen LogP contribution is -2.45. The van der Waals surface area contributed by atoms with Crippen molar-refractivity contribution in [3.63, 3.8) is 0 Å². The molecule has 0 amide bonds. The third-order valence-electron chi connectivity index (χ3n) is 5.27. The van der Waals surface area contributed by atoms with Crippen LogP contribution in [0.2, 0.25) is 0 Å². The van der Waals surface area contributed by atoms with Crippen molar-refractivity contribution in [1.29, 1.82) is 0 Å². The maximum Gasteiger partial charge on any atom is 0.0338 e. The summed E-state index contributed by atoms with van der Waals surface area (Å²) in [4.78, 5) is 0. The summed E-state index contributed by atoms with van der Waals surface area (Å²) in [7, 11) is 0. The van der Waals surface area contributed by atoms with Gasteiger partial charge in [0.25, 0.3) is 0 Å². The lowest BCUT2D eigenvalue weighted by molar-refractivity contribution is 0.153. The fraction of sp³-hybridized carbons (Fsp3) is 0.667. The molecule has 1 heterocycles. The molecule has 0 radical (unpaired) electrons. The molecule has 1 aromatic carbocycles. The number of hydrogen-bond acceptors (Lipinski definition) is 2. The molecule has 1 aliphatic carbocycles. The van der Waals surface area contributed by atoms with Crippen LogP contribution in [0.4, 0.5) is 0 Å². The molecule has 1 saturated carbocycles. The monoisotopic (exact) mass is 272 g/mol. The molecule has 2 atom stereocenters. The van der Waals surface area contributed by atoms with Crippen molar-refractivity contribution in [3.8, 4) is 0 Å². The first-order valence-corrected chi connectivity index (χ1v) is 8.21. The van der Waals surface area contributed by atoms with Crippen LogP contribution in [-0.2, 0) is 6.54 Å². The van der Waals surface area contributed by atoms with Crippen LogP contribution in [0.1, 0.15) is 63.1 Å². The van der Waals surface area contributed by atoms with E-state index in [1.165, 1.54) is 43.2 Å². The van der Waals surface area contributed by atoms with Gasteiger partial charge in [-0.2, -0.15) is 0 Å². The van der Waals surface area contributed by atoms with Gasteiger partial charge in [-0.05, 0) is 42.3 Å². The van der Waals surface area contributed by atoms with Crippen molar-refractivity contribution in [3.05, 3.63) is 35.4 Å². The second-order valence-electron chi connectivity index (χ2n) is 7.17. The summed E-state index contributed by atoms with van der Waals surface area (Å²) in [5.41, 5.74) is 3.42. The van der Waals surface area contributed by atoms with Gasteiger partial charge in [-0.15, -0.1) is 0 Å². The third kappa shape index (κ3) is 2.91. The van der Waals surface area contributed by atoms with Gasteiger partial charge in [0.2, 0.25) is 0 Å². The Hall–Kier alpha value is -0.860. The Morgan fingerprint density at radius 3 is 2.85 bits per heavy atom. The van der Waals surface area contributed by atoms with Gasteiger partial charge in [0.1, 0.15) is 0 Å². The van der Waals surface area contributed by atoms with E-state index in [9.17, 15) is 0 Å². The van der Waals surface area contributed by atoms with E-state index in [0.29, 0.717) is 17.5 Å². The van der Waals surface area contributed by atoms with Crippen molar-refractivity contribution in [2.24, 2.45) is 5.41 Å². The average Bonchev–Trinajstić information content (AvgIpc) is 2.64. The summed E-state index contributed by atoms with van der Waals surface area (Å²) < 4.78 is 0. The SMILES string of the molecule is CC1(C)CCCCC1NC1CCNCc2ccccc21. The Morgan fingerprint density at radius 1 is 1.15 bits per heavy atom. The number of fused-ring (bicyclic) bond motifs is 1. The summed E-state index contributed by atoms with van der Waals surface area (Å²) in [6.45, 7) is 7.00. The normalized spacial score (nSPS) is 29.5. The van der Waals surface area contributed by atoms with Gasteiger partial charge in [-0.3, -0.25) is 0 Å². The zero-order valence-corrected chi connectivity index (χ0v) is 12.9. The number of hydrogen-bond donors (Lipinski definition) is 2. The van der Waals surface area contributed by atoms with Gasteiger partial charge in [-0.1, -0.05) is 51.0 Å². The summed E-state index contributed by atoms with van der Waals surface area (Å²) >= 11 is 0. The molecule has 2 aliphatic rings. The fourth-order valence-corrected chi connectivity index (χ4v) is 3.88. The van der Waals surface area contributed by atoms with E-state index < -0.39 is 0 Å². The molecule has 2 heteroatoms. The maximum atomic E-state index is 4.00. The van der Waals surface area contributed by atoms with Crippen molar-refractivity contribution in [2.45, 2.75) is 64.6 Å². The Balaban J connectivity index is 1.80. The highest BCUT2D eigenvalue weighted by Crippen LogP contribution is 2.37. The first kappa shape index (κ1) is 14.1. The van der Waals surface area contributed by atoms with Crippen LogP contribution in [0.15, 0.2) is 24.3 Å². The van der Waals surface area contributed by atoms with Crippen LogP contribution in [-0.4, -0.2) is 12.6 Å². The first-order valence-electron chi connectivity index (χ1n) is 8.21. The molecule has 2 unspecified atom stereocenters. The van der Waals surface area contributed by atoms with Gasteiger partial charge in [0.05, 0.1) is 0 Å². The van der Waals surface area contributed by atoms with Crippen LogP contribution < -0.4 is 10.6 Å². The number of rotatable bonds is 2. The van der Waals surface area contributed by atoms with E-state index in [4.69, 9.17) is 0 Å². The van der Waals surface area contributed by atoms with Gasteiger partial charge >= 0.3 is 0 Å². The molecule has 0 bridgehead atoms. The third-order valence-corrected chi connectivity index (χ3v) is 5.27. The molecule has 2 nitrogen and oxygen atoms in total. The van der Waals surface area contributed by atoms with Crippen LogP contribution >= 0.6 is 0 Å². The topological polar surface area (TPSA) is 24.1 Å². The van der Waals surface area contributed by atoms with E-state index in [0.717, 1.165) is 13.1 Å². The molecule has 2 N–H and O–H groups in total. The van der Waals surface area contributed by atoms with Crippen molar-refractivity contribution in [2.75, 3.05) is 6.54 Å². The van der Waals surface area contributed by atoms with Crippen molar-refractivity contribution < 1.29 is 0 Å². The smallest absolute Gasteiger partial charge is 0.0338 e. The first-order chi connectivity index (χ1) is 9.67. The molecule has 0 aromatic heterocycles. The number of benzene rings is 1. The van der Waals surface area contributed by atoms with E-state index >= 15 is 0 Å². The summed E-state index contributed by atoms with van der Waals surface area (Å²) in [5.74, 6) is 0. The quantitative estimate of drug-likeness (QED) is 0.856. The Morgan fingerprint density at radius 2 is 2.00 bits per heavy atom. The molecule has 0 spiro atoms. The summed E-state index contributed by atoms with van der Waals surface area (Å²) in [5, 5.41) is 7.56. The predicted octanol–water partition coefficient (Wildman–Crippen LogP) is 3.78. The highest BCUT2D eigenvalue weighted by Gasteiger charge is 2.34. The molecule has 1 aromatic rings. The van der Waals surface area contributed by atoms with Crippen molar-refractivity contribution in [1.82, 2.24) is 10.6 Å². The molecule has 1 fully saturated rings. The highest BCUT2D eigenvalue weighted by molar-refractivity contribution is 5.31. The van der Waals surface area contributed by atoms with Crippen LogP contribution in [0, 0.1) is 5.41 Å². The van der Waals surface area contributed by atoms with E-state index in [2.05, 4.69) is 48.7 Å². The summed E-state index contributed by atoms with van der Waals surface area (Å²) in [6.07, 6.45) is 6.67. The predicted molar refractivity (Wildman–Crippen MR) is 84.7 cm³/mol. The molecule has 110 valence electrons. The minimum atomic E-state index is 0.437. The summed E-state index contributed by atoms with van der Waals surface area (Å²) in [6, 6.07) is 10.1. The van der Waals surface area contributed by atoms with Gasteiger partial charge in [0.15, 0.2) is 0 Å². The van der Waals surface area contributed by atoms with Gasteiger partial charge < -0.3 is 10.6 Å². The highest BCUT2D eigenvalue weighted by atomic mass is 15.0. The molecule has 0 saturated heterocycles. The van der Waals surface area contributed by atoms with Crippen molar-refractivity contribution >= 4 is 0 Å². The molecule has 3 rings (SSSR count). The lowest BCUT2D eigenvalue weighted by Gasteiger charge is -2.41. The van der Waals surface area contributed by atoms with Crippen LogP contribution in [0.25, 0.3) is 0 Å². The van der Waals surface area contributed by atoms with Crippen LogP contribution in [0.3, 0.4) is 0 Å². The minimum Gasteiger partial charge on any atom is -0.313 e. The van der Waals surface area contributed by atoms with E-state index in [1.54, 1.807) is 0 Å². The second kappa shape index (κ2) is 5.87. The Bertz CT molecular complexity index is 452. The van der Waals surface area contributed by atoms with Gasteiger partial charge in [-0.25, -0.2) is 0 Å². The number of nitrogens with one attached hydrogen (secondary N) is 2. The average molecular weight is 272 g/mol. The van der Waals surface area contributed by atoms with E-state index in [-0.39, 0.29) is 0 Å². The largest absolute Gasteiger partial charge is 0.313 e. The lowest BCUT2D eigenvalue weighted by atomic mass is 9.73. The zero-order chi connectivity index (χ0) is 14.0. The van der Waals surface area contributed by atoms with E-state index in [1.807, 2.05) is 0 Å². The maximum absolute atomic E-state index is 4.00. The molecule has 1 aliphatic heterocycles. The fourth-order valence-electron chi connectivity index (χ4n) is 3.88. The zero-order valence-electron chi connectivity index (χ0n) is 12.9. The minimum absolute atomic E-state index is 0.437. The van der Waals surface area contributed by atoms with Crippen LogP contribution in [0.5, 0.6) is 0 Å². The van der Waals surface area contributed by atoms with Gasteiger partial charge in [0, 0.05) is 18.6 Å². The standard InChI is InChI=1S/C18H28N2/c1-18(2)11-6-5-9-17(18)20-16-10-12-19-13-14-7-3-4-8-15(14)16/h3-4,7-8,16-17,19-20H,5-6,9-13H2,1-2H3. The Labute approximate surface area is 123 Å². The molecule has 20 heavy (non-hydrogen) atoms. The second-order valence-corrected chi connectivity index (χ2v) is 7.17. The Kier molecular flexibility index (Phi) is 4.13. The molecular formula is C18H28N2.